The second-order valence-corrected chi connectivity index (χ2v) is 23.6. The summed E-state index contributed by atoms with van der Waals surface area (Å²) >= 11 is 3.75. The molecule has 5 fully saturated rings. The van der Waals surface area contributed by atoms with Gasteiger partial charge in [-0.05, 0) is 160 Å². The molecule has 5 aliphatic carbocycles. The average molecular weight is 773 g/mol. The van der Waals surface area contributed by atoms with Gasteiger partial charge in [-0.3, -0.25) is 9.59 Å². The molecule has 14 atom stereocenters. The number of hydrogen-bond acceptors (Lipinski definition) is 4. The fourth-order valence-electron chi connectivity index (χ4n) is 13.5. The maximum Gasteiger partial charge on any atom is 0.144 e. The summed E-state index contributed by atoms with van der Waals surface area (Å²) in [4.78, 5) is 34.2. The molecule has 5 saturated carbocycles. The van der Waals surface area contributed by atoms with Crippen LogP contribution in [0.25, 0.3) is 0 Å². The van der Waals surface area contributed by atoms with Crippen LogP contribution in [0, 0.1) is 96.7 Å². The maximum absolute atomic E-state index is 14.4. The Morgan fingerprint density at radius 3 is 1.26 bits per heavy atom. The highest BCUT2D eigenvalue weighted by molar-refractivity contribution is 7.12. The van der Waals surface area contributed by atoms with Gasteiger partial charge in [-0.2, -0.15) is 0 Å². The molecular weight excluding hydrogens is 697 g/mol. The number of thiophene rings is 2. The zero-order valence-corrected chi connectivity index (χ0v) is 37.1. The summed E-state index contributed by atoms with van der Waals surface area (Å²) in [7, 11) is 0. The summed E-state index contributed by atoms with van der Waals surface area (Å²) < 4.78 is 0. The van der Waals surface area contributed by atoms with Crippen molar-refractivity contribution in [3.8, 4) is 0 Å². The fourth-order valence-corrected chi connectivity index (χ4v) is 15.5. The lowest BCUT2D eigenvalue weighted by Gasteiger charge is -2.59. The van der Waals surface area contributed by atoms with Crippen LogP contribution in [0.5, 0.6) is 0 Å². The van der Waals surface area contributed by atoms with Crippen molar-refractivity contribution in [3.05, 3.63) is 43.8 Å². The van der Waals surface area contributed by atoms with Gasteiger partial charge in [0.2, 0.25) is 0 Å². The predicted molar refractivity (Wildman–Crippen MR) is 230 cm³/mol. The summed E-state index contributed by atoms with van der Waals surface area (Å²) in [5.41, 5.74) is 0. The van der Waals surface area contributed by atoms with Crippen LogP contribution < -0.4 is 0 Å². The molecule has 0 bridgehead atoms. The number of fused-ring (bicyclic) bond motifs is 4. The Morgan fingerprint density at radius 1 is 0.519 bits per heavy atom. The van der Waals surface area contributed by atoms with Gasteiger partial charge in [-0.1, -0.05) is 92.9 Å². The fraction of sp³-hybridized carbons (Fsp3) is 0.800. The number of hydrogen-bond donors (Lipinski definition) is 0. The summed E-state index contributed by atoms with van der Waals surface area (Å²) in [5, 5.41) is 0. The number of ketones is 2. The van der Waals surface area contributed by atoms with Crippen molar-refractivity contribution in [1.82, 2.24) is 0 Å². The van der Waals surface area contributed by atoms with E-state index < -0.39 is 0 Å². The zero-order valence-electron chi connectivity index (χ0n) is 35.5. The molecule has 0 N–H and O–H groups in total. The van der Waals surface area contributed by atoms with Gasteiger partial charge in [-0.15, -0.1) is 22.7 Å². The third kappa shape index (κ3) is 8.90. The van der Waals surface area contributed by atoms with Crippen LogP contribution in [0.15, 0.2) is 24.3 Å². The molecule has 2 heterocycles. The number of aryl methyl sites for hydroxylation is 2. The summed E-state index contributed by atoms with van der Waals surface area (Å²) in [6.07, 6.45) is 20.6. The molecule has 2 nitrogen and oxygen atoms in total. The monoisotopic (exact) mass is 773 g/mol. The maximum atomic E-state index is 14.4. The van der Waals surface area contributed by atoms with Gasteiger partial charge in [0.05, 0.1) is 11.8 Å². The summed E-state index contributed by atoms with van der Waals surface area (Å²) in [5.74, 6) is 10.5. The van der Waals surface area contributed by atoms with Gasteiger partial charge in [0.25, 0.3) is 0 Å². The highest BCUT2D eigenvalue weighted by Gasteiger charge is 2.60. The second-order valence-electron chi connectivity index (χ2n) is 21.0. The van der Waals surface area contributed by atoms with Crippen molar-refractivity contribution < 1.29 is 9.59 Å². The Balaban J connectivity index is 1.17. The Hall–Kier alpha value is -1.26. The molecule has 7 rings (SSSR count). The first-order chi connectivity index (χ1) is 25.9. The molecule has 5 aliphatic rings. The van der Waals surface area contributed by atoms with Crippen LogP contribution in [0.1, 0.15) is 176 Å². The van der Waals surface area contributed by atoms with Gasteiger partial charge in [-0.25, -0.2) is 0 Å². The summed E-state index contributed by atoms with van der Waals surface area (Å²) in [6.45, 7) is 18.9. The van der Waals surface area contributed by atoms with Gasteiger partial charge >= 0.3 is 0 Å². The molecule has 54 heavy (non-hydrogen) atoms. The Labute approximate surface area is 338 Å². The standard InChI is InChI=1S/C50H76O2S2/c1-29(2)11-9-13-31(5)15-19-37-41-23-35-25-45(47-21-17-33(7)53-47)50(52)40(35)28-44(41)38(20-16-32(6)14-10-12-30(3)4)42-24-36-26-46(48-22-18-34(8)54-48)49(51)39(36)27-43(37)42/h17-18,21-22,29-32,35-46H,9-16,19-20,23-28H2,1-8H3. The lowest BCUT2D eigenvalue weighted by molar-refractivity contribution is -0.136. The van der Waals surface area contributed by atoms with Crippen molar-refractivity contribution in [3.63, 3.8) is 0 Å². The van der Waals surface area contributed by atoms with Crippen LogP contribution in [-0.4, -0.2) is 11.6 Å². The predicted octanol–water partition coefficient (Wildman–Crippen LogP) is 14.5. The minimum absolute atomic E-state index is 0.134. The van der Waals surface area contributed by atoms with Crippen molar-refractivity contribution in [2.24, 2.45) is 82.9 Å². The highest BCUT2D eigenvalue weighted by Crippen LogP contribution is 2.65. The highest BCUT2D eigenvalue weighted by atomic mass is 32.1. The number of carbonyl (C=O) groups is 2. The normalized spacial score (nSPS) is 36.0. The van der Waals surface area contributed by atoms with Crippen LogP contribution in [0.2, 0.25) is 0 Å². The van der Waals surface area contributed by atoms with E-state index in [4.69, 9.17) is 0 Å². The lowest BCUT2D eigenvalue weighted by Crippen LogP contribution is -2.53. The smallest absolute Gasteiger partial charge is 0.144 e. The van der Waals surface area contributed by atoms with Crippen LogP contribution in [0.4, 0.5) is 0 Å². The molecule has 0 aliphatic heterocycles. The molecule has 4 heteroatoms. The first-order valence-electron chi connectivity index (χ1n) is 23.1. The van der Waals surface area contributed by atoms with Gasteiger partial charge in [0.15, 0.2) is 0 Å². The topological polar surface area (TPSA) is 34.1 Å². The van der Waals surface area contributed by atoms with Crippen molar-refractivity contribution in [1.29, 1.82) is 0 Å². The van der Waals surface area contributed by atoms with E-state index in [1.807, 2.05) is 22.7 Å². The van der Waals surface area contributed by atoms with Crippen LogP contribution >= 0.6 is 22.7 Å². The molecule has 0 amide bonds. The third-order valence-corrected chi connectivity index (χ3v) is 18.5. The zero-order chi connectivity index (χ0) is 38.3. The second kappa shape index (κ2) is 17.7. The molecular formula is C50H76O2S2. The molecule has 0 saturated heterocycles. The minimum Gasteiger partial charge on any atom is -0.299 e. The number of carbonyl (C=O) groups excluding carboxylic acids is 2. The van der Waals surface area contributed by atoms with E-state index in [-0.39, 0.29) is 23.7 Å². The molecule has 14 unspecified atom stereocenters. The van der Waals surface area contributed by atoms with Crippen molar-refractivity contribution >= 4 is 34.2 Å². The van der Waals surface area contributed by atoms with E-state index in [2.05, 4.69) is 79.7 Å². The Morgan fingerprint density at radius 2 is 0.907 bits per heavy atom. The van der Waals surface area contributed by atoms with E-state index >= 15 is 0 Å². The van der Waals surface area contributed by atoms with E-state index in [1.54, 1.807) is 0 Å². The van der Waals surface area contributed by atoms with E-state index in [9.17, 15) is 9.59 Å². The summed E-state index contributed by atoms with van der Waals surface area (Å²) in [6, 6.07) is 9.02. The third-order valence-electron chi connectivity index (χ3n) is 16.3. The lowest BCUT2D eigenvalue weighted by atomic mass is 9.46. The Kier molecular flexibility index (Phi) is 13.4. The van der Waals surface area contributed by atoms with Crippen molar-refractivity contribution in [2.75, 3.05) is 0 Å². The molecule has 0 radical (unpaired) electrons. The SMILES string of the molecule is Cc1ccc(C2CC3CC4C(CCC(C)CCCC(C)C)C5CC6C(=O)C(c7ccc(C)s7)CC6CC5C(CCC(C)CCCC(C)C)C4CC3C2=O)s1. The molecule has 2 aromatic heterocycles. The number of rotatable bonds is 16. The number of Topliss-reactive ketones (excluding diaryl/α,β-unsaturated/α-hetero) is 2. The van der Waals surface area contributed by atoms with E-state index in [0.717, 1.165) is 73.0 Å². The van der Waals surface area contributed by atoms with Crippen molar-refractivity contribution in [2.45, 2.75) is 170 Å². The molecule has 2 aromatic rings. The molecule has 300 valence electrons. The van der Waals surface area contributed by atoms with Crippen LogP contribution in [0.3, 0.4) is 0 Å². The van der Waals surface area contributed by atoms with Gasteiger partial charge in [0, 0.05) is 31.3 Å². The Bertz CT molecular complexity index is 1430. The molecule has 0 spiro atoms. The van der Waals surface area contributed by atoms with E-state index in [0.29, 0.717) is 35.2 Å². The van der Waals surface area contributed by atoms with Gasteiger partial charge in [0.1, 0.15) is 11.6 Å². The van der Waals surface area contributed by atoms with Gasteiger partial charge < -0.3 is 0 Å². The first kappa shape index (κ1) is 40.9. The average Bonchev–Trinajstić information content (AvgIpc) is 3.90. The van der Waals surface area contributed by atoms with Crippen LogP contribution in [-0.2, 0) is 9.59 Å². The molecule has 0 aromatic carbocycles. The first-order valence-corrected chi connectivity index (χ1v) is 24.7. The largest absolute Gasteiger partial charge is 0.299 e. The van der Waals surface area contributed by atoms with E-state index in [1.165, 1.54) is 96.6 Å². The quantitative estimate of drug-likeness (QED) is 0.170. The minimum atomic E-state index is 0.134.